The van der Waals surface area contributed by atoms with Crippen molar-refractivity contribution in [1.82, 2.24) is 20.0 Å². The smallest absolute Gasteiger partial charge is 0.326 e. The Labute approximate surface area is 229 Å². The van der Waals surface area contributed by atoms with Crippen molar-refractivity contribution < 1.29 is 18.8 Å². The number of rotatable bonds is 10. The average molecular weight is 551 g/mol. The highest BCUT2D eigenvalue weighted by Gasteiger charge is 2.14. The first-order valence-corrected chi connectivity index (χ1v) is 14.1. The summed E-state index contributed by atoms with van der Waals surface area (Å²) in [6.07, 6.45) is 1.58. The maximum atomic E-state index is 13.1. The van der Waals surface area contributed by atoms with Crippen LogP contribution in [0.2, 0.25) is 0 Å². The van der Waals surface area contributed by atoms with Crippen molar-refractivity contribution in [3.8, 4) is 17.6 Å². The summed E-state index contributed by atoms with van der Waals surface area (Å²) in [5, 5.41) is 18.4. The minimum Gasteiger partial charge on any atom is -0.494 e. The van der Waals surface area contributed by atoms with Gasteiger partial charge >= 0.3 is 6.03 Å². The predicted molar refractivity (Wildman–Crippen MR) is 156 cm³/mol. The third-order valence-corrected chi connectivity index (χ3v) is 6.63. The number of hydrogen-bond acceptors (Lipinski definition) is 8. The summed E-state index contributed by atoms with van der Waals surface area (Å²) in [6.45, 7) is 7.83. The van der Waals surface area contributed by atoms with Gasteiger partial charge in [-0.15, -0.1) is 0 Å². The zero-order chi connectivity index (χ0) is 28.4. The van der Waals surface area contributed by atoms with E-state index in [0.717, 1.165) is 11.3 Å². The Morgan fingerprint density at radius 3 is 2.56 bits per heavy atom. The Morgan fingerprint density at radius 1 is 1.15 bits per heavy atom. The molecular weight excluding hydrogens is 516 g/mol. The second-order valence-corrected chi connectivity index (χ2v) is 11.0. The van der Waals surface area contributed by atoms with Gasteiger partial charge in [0.1, 0.15) is 11.6 Å². The van der Waals surface area contributed by atoms with Crippen molar-refractivity contribution in [2.75, 3.05) is 23.8 Å². The number of aliphatic hydroxyl groups excluding tert-OH is 1. The normalized spacial score (nSPS) is 12.9. The number of aliphatic hydroxyl groups is 1. The van der Waals surface area contributed by atoms with E-state index in [2.05, 4.69) is 48.4 Å². The first kappa shape index (κ1) is 29.3. The van der Waals surface area contributed by atoms with Gasteiger partial charge < -0.3 is 25.8 Å². The fourth-order valence-electron chi connectivity index (χ4n) is 3.27. The Bertz CT molecular complexity index is 1450. The van der Waals surface area contributed by atoms with Gasteiger partial charge in [-0.2, -0.15) is 4.98 Å². The monoisotopic (exact) mass is 550 g/mol. The van der Waals surface area contributed by atoms with Crippen molar-refractivity contribution in [2.24, 2.45) is 0 Å². The number of carbonyl (C=O) groups excluding carboxylic acids is 1. The van der Waals surface area contributed by atoms with E-state index >= 15 is 0 Å². The lowest BCUT2D eigenvalue weighted by molar-refractivity contribution is 0.244. The van der Waals surface area contributed by atoms with Crippen LogP contribution in [0.15, 0.2) is 59.6 Å². The standard InChI is InChI=1S/C28H34N6O4S/c1-6-38-24-14-11-21(12-15-24)10-13-22-17-29-27(33-26(22)31-20(4)18-35)32-23-8-7-9-25(16-23)39(5,37)34-28(36)30-19(2)3/h7-9,11-12,14-17,19-20,35H,5-6,18H2,1-4H3,(H2,29,31,32,33)(H2,30,34,36,37)/t20-,39?/m1/s1. The topological polar surface area (TPSA) is 138 Å². The van der Waals surface area contributed by atoms with Crippen LogP contribution in [0.3, 0.4) is 0 Å². The van der Waals surface area contributed by atoms with Crippen LogP contribution in [0.1, 0.15) is 38.8 Å². The molecule has 39 heavy (non-hydrogen) atoms. The molecule has 0 saturated heterocycles. The second-order valence-electron chi connectivity index (χ2n) is 8.95. The fourth-order valence-corrected chi connectivity index (χ4v) is 4.36. The molecule has 3 rings (SSSR count). The molecule has 2 amide bonds. The SMILES string of the molecule is C=S(=O)(NC(=O)NC(C)C)c1cccc(Nc2ncc(C#Cc3ccc(OCC)cc3)c(N[C@H](C)CO)n2)c1. The molecule has 0 spiro atoms. The zero-order valence-corrected chi connectivity index (χ0v) is 23.3. The third kappa shape index (κ3) is 8.91. The van der Waals surface area contributed by atoms with Crippen molar-refractivity contribution >= 4 is 39.1 Å². The van der Waals surface area contributed by atoms with Gasteiger partial charge in [0, 0.05) is 23.3 Å². The van der Waals surface area contributed by atoms with Gasteiger partial charge in [0.25, 0.3) is 0 Å². The van der Waals surface area contributed by atoms with Crippen LogP contribution in [0.4, 0.5) is 22.2 Å². The highest BCUT2D eigenvalue weighted by Crippen LogP contribution is 2.21. The van der Waals surface area contributed by atoms with Crippen LogP contribution in [-0.2, 0) is 9.71 Å². The number of nitrogens with one attached hydrogen (secondary N) is 4. The number of anilines is 3. The van der Waals surface area contributed by atoms with Crippen molar-refractivity contribution in [1.29, 1.82) is 0 Å². The Balaban J connectivity index is 1.84. The molecule has 0 saturated carbocycles. The molecule has 0 aliphatic carbocycles. The average Bonchev–Trinajstić information content (AvgIpc) is 2.88. The fraction of sp³-hybridized carbons (Fsp3) is 0.286. The maximum absolute atomic E-state index is 13.1. The van der Waals surface area contributed by atoms with Crippen molar-refractivity contribution in [3.05, 3.63) is 65.9 Å². The number of urea groups is 1. The molecule has 5 N–H and O–H groups in total. The predicted octanol–water partition coefficient (Wildman–Crippen LogP) is 3.51. The molecule has 1 heterocycles. The molecule has 11 heteroatoms. The van der Waals surface area contributed by atoms with Gasteiger partial charge in [-0.25, -0.2) is 14.0 Å². The lowest BCUT2D eigenvalue weighted by atomic mass is 10.2. The molecule has 3 aromatic rings. The van der Waals surface area contributed by atoms with E-state index < -0.39 is 15.7 Å². The molecule has 1 aromatic heterocycles. The number of benzene rings is 2. The summed E-state index contributed by atoms with van der Waals surface area (Å²) in [5.74, 6) is 11.4. The van der Waals surface area contributed by atoms with Crippen LogP contribution in [-0.4, -0.2) is 56.5 Å². The first-order valence-electron chi connectivity index (χ1n) is 12.4. The summed E-state index contributed by atoms with van der Waals surface area (Å²) in [4.78, 5) is 21.3. The van der Waals surface area contributed by atoms with Crippen LogP contribution in [0, 0.1) is 11.8 Å². The molecule has 10 nitrogen and oxygen atoms in total. The molecule has 1 unspecified atom stereocenters. The van der Waals surface area contributed by atoms with Gasteiger partial charge in [-0.05, 0) is 76.0 Å². The molecule has 206 valence electrons. The quantitative estimate of drug-likeness (QED) is 0.191. The lowest BCUT2D eigenvalue weighted by Gasteiger charge is -2.16. The van der Waals surface area contributed by atoms with E-state index in [1.807, 2.05) is 38.1 Å². The summed E-state index contributed by atoms with van der Waals surface area (Å²) < 4.78 is 21.0. The lowest BCUT2D eigenvalue weighted by Crippen LogP contribution is -2.42. The molecular formula is C28H34N6O4S. The van der Waals surface area contributed by atoms with Crippen LogP contribution in [0.5, 0.6) is 5.75 Å². The maximum Gasteiger partial charge on any atom is 0.326 e. The van der Waals surface area contributed by atoms with E-state index in [4.69, 9.17) is 4.74 Å². The number of nitrogens with zero attached hydrogens (tertiary/aromatic N) is 2. The van der Waals surface area contributed by atoms with Gasteiger partial charge in [0.2, 0.25) is 5.95 Å². The number of hydrogen-bond donors (Lipinski definition) is 5. The largest absolute Gasteiger partial charge is 0.494 e. The van der Waals surface area contributed by atoms with Gasteiger partial charge in [-0.1, -0.05) is 17.9 Å². The van der Waals surface area contributed by atoms with Crippen molar-refractivity contribution in [2.45, 2.75) is 44.7 Å². The Morgan fingerprint density at radius 2 is 1.90 bits per heavy atom. The van der Waals surface area contributed by atoms with E-state index in [1.165, 1.54) is 0 Å². The van der Waals surface area contributed by atoms with Crippen LogP contribution in [0.25, 0.3) is 0 Å². The third-order valence-electron chi connectivity index (χ3n) is 5.10. The number of aromatic nitrogens is 2. The van der Waals surface area contributed by atoms with Gasteiger partial charge in [-0.3, -0.25) is 4.72 Å². The van der Waals surface area contributed by atoms with Crippen LogP contribution < -0.4 is 25.4 Å². The van der Waals surface area contributed by atoms with Gasteiger partial charge in [0.05, 0.1) is 39.6 Å². The first-order chi connectivity index (χ1) is 18.6. The minimum absolute atomic E-state index is 0.101. The molecule has 0 aliphatic heterocycles. The molecule has 0 radical (unpaired) electrons. The second kappa shape index (κ2) is 13.5. The van der Waals surface area contributed by atoms with Gasteiger partial charge in [0.15, 0.2) is 0 Å². The highest BCUT2D eigenvalue weighted by molar-refractivity contribution is 7.99. The summed E-state index contributed by atoms with van der Waals surface area (Å²) >= 11 is 0. The Hall–Kier alpha value is -4.27. The molecule has 0 fully saturated rings. The van der Waals surface area contributed by atoms with E-state index in [1.54, 1.807) is 44.3 Å². The summed E-state index contributed by atoms with van der Waals surface area (Å²) in [6, 6.07) is 13.2. The number of carbonyl (C=O) groups is 1. The summed E-state index contributed by atoms with van der Waals surface area (Å²) in [7, 11) is -3.10. The van der Waals surface area contributed by atoms with E-state index in [9.17, 15) is 14.1 Å². The number of amides is 2. The number of ether oxygens (including phenoxy) is 1. The van der Waals surface area contributed by atoms with Crippen molar-refractivity contribution in [3.63, 3.8) is 0 Å². The molecule has 0 aliphatic rings. The highest BCUT2D eigenvalue weighted by atomic mass is 32.2. The van der Waals surface area contributed by atoms with E-state index in [0.29, 0.717) is 28.6 Å². The molecule has 2 aromatic carbocycles. The minimum atomic E-state index is -3.10. The molecule has 0 bridgehead atoms. The Kier molecular flexibility index (Phi) is 10.1. The summed E-state index contributed by atoms with van der Waals surface area (Å²) in [5.41, 5.74) is 1.89. The van der Waals surface area contributed by atoms with E-state index in [-0.39, 0.29) is 24.6 Å². The van der Waals surface area contributed by atoms with Crippen LogP contribution >= 0.6 is 0 Å². The molecule has 2 atom stereocenters. The zero-order valence-electron chi connectivity index (χ0n) is 22.4.